The van der Waals surface area contributed by atoms with Crippen molar-refractivity contribution >= 4 is 27.1 Å². The number of nitrogens with zero attached hydrogens (tertiary/aromatic N) is 3. The van der Waals surface area contributed by atoms with Crippen LogP contribution in [0, 0.1) is 0 Å². The van der Waals surface area contributed by atoms with Gasteiger partial charge in [0.1, 0.15) is 0 Å². The molecule has 1 saturated carbocycles. The van der Waals surface area contributed by atoms with Gasteiger partial charge in [-0.05, 0) is 67.6 Å². The standard InChI is InChI=1S/C23H37N3O3S2/c27-31(28,19-3-1-2-8-23(30)20-21-9-11-24-12-10-21)26(22-6-4-7-22)14-5-13-25-15-17-29-18-16-25/h9-12,22H,1-8,13-20H2. The number of hydrogen-bond acceptors (Lipinski definition) is 6. The second-order valence-electron chi connectivity index (χ2n) is 8.70. The molecule has 1 aliphatic heterocycles. The number of thiocarbonyl (C=S) groups is 1. The molecular formula is C23H37N3O3S2. The van der Waals surface area contributed by atoms with E-state index in [1.54, 1.807) is 12.4 Å². The number of aromatic nitrogens is 1. The van der Waals surface area contributed by atoms with Crippen LogP contribution in [0.3, 0.4) is 0 Å². The quantitative estimate of drug-likeness (QED) is 0.308. The van der Waals surface area contributed by atoms with Gasteiger partial charge in [0.2, 0.25) is 10.0 Å². The normalized spacial score (nSPS) is 18.2. The Kier molecular flexibility index (Phi) is 10.3. The highest BCUT2D eigenvalue weighted by atomic mass is 32.2. The molecule has 0 amide bonds. The Labute approximate surface area is 193 Å². The minimum absolute atomic E-state index is 0.225. The molecule has 2 fully saturated rings. The highest BCUT2D eigenvalue weighted by molar-refractivity contribution is 7.89. The van der Waals surface area contributed by atoms with Crippen LogP contribution >= 0.6 is 12.2 Å². The zero-order valence-electron chi connectivity index (χ0n) is 18.6. The van der Waals surface area contributed by atoms with Gasteiger partial charge in [-0.1, -0.05) is 25.1 Å². The molecule has 0 bridgehead atoms. The lowest BCUT2D eigenvalue weighted by molar-refractivity contribution is 0.0363. The molecule has 1 saturated heterocycles. The van der Waals surface area contributed by atoms with Crippen LogP contribution in [0.1, 0.15) is 56.9 Å². The summed E-state index contributed by atoms with van der Waals surface area (Å²) in [5, 5.41) is 0. The summed E-state index contributed by atoms with van der Waals surface area (Å²) >= 11 is 5.50. The number of hydrogen-bond donors (Lipinski definition) is 0. The first-order valence-electron chi connectivity index (χ1n) is 11.7. The summed E-state index contributed by atoms with van der Waals surface area (Å²) in [7, 11) is -3.18. The molecule has 174 valence electrons. The lowest BCUT2D eigenvalue weighted by Gasteiger charge is -2.37. The van der Waals surface area contributed by atoms with Gasteiger partial charge in [0.25, 0.3) is 0 Å². The Bertz CT molecular complexity index is 764. The van der Waals surface area contributed by atoms with E-state index in [1.165, 1.54) is 5.56 Å². The molecule has 0 atom stereocenters. The van der Waals surface area contributed by atoms with Crippen LogP contribution in [0.15, 0.2) is 24.5 Å². The van der Waals surface area contributed by atoms with E-state index in [9.17, 15) is 8.42 Å². The molecule has 0 radical (unpaired) electrons. The smallest absolute Gasteiger partial charge is 0.214 e. The van der Waals surface area contributed by atoms with Gasteiger partial charge in [-0.3, -0.25) is 9.88 Å². The number of morpholine rings is 1. The second-order valence-corrected chi connectivity index (χ2v) is 11.3. The van der Waals surface area contributed by atoms with Crippen molar-refractivity contribution in [2.45, 2.75) is 63.8 Å². The van der Waals surface area contributed by atoms with Gasteiger partial charge in [0, 0.05) is 44.5 Å². The maximum Gasteiger partial charge on any atom is 0.214 e. The topological polar surface area (TPSA) is 62.7 Å². The average molecular weight is 468 g/mol. The van der Waals surface area contributed by atoms with Crippen molar-refractivity contribution in [3.63, 3.8) is 0 Å². The van der Waals surface area contributed by atoms with Crippen molar-refractivity contribution in [3.05, 3.63) is 30.1 Å². The molecule has 31 heavy (non-hydrogen) atoms. The minimum atomic E-state index is -3.18. The highest BCUT2D eigenvalue weighted by Crippen LogP contribution is 2.28. The summed E-state index contributed by atoms with van der Waals surface area (Å²) in [6.45, 7) is 5.10. The molecular weight excluding hydrogens is 430 g/mol. The van der Waals surface area contributed by atoms with E-state index in [0.717, 1.165) is 89.1 Å². The minimum Gasteiger partial charge on any atom is -0.379 e. The summed E-state index contributed by atoms with van der Waals surface area (Å²) in [5.41, 5.74) is 1.19. The van der Waals surface area contributed by atoms with Crippen LogP contribution in [0.4, 0.5) is 0 Å². The maximum absolute atomic E-state index is 13.0. The van der Waals surface area contributed by atoms with Crippen LogP contribution < -0.4 is 0 Å². The lowest BCUT2D eigenvalue weighted by Crippen LogP contribution is -2.46. The van der Waals surface area contributed by atoms with Gasteiger partial charge in [-0.15, -0.1) is 0 Å². The molecule has 0 aromatic carbocycles. The highest BCUT2D eigenvalue weighted by Gasteiger charge is 2.33. The summed E-state index contributed by atoms with van der Waals surface area (Å²) < 4.78 is 33.3. The van der Waals surface area contributed by atoms with E-state index in [0.29, 0.717) is 13.0 Å². The van der Waals surface area contributed by atoms with Gasteiger partial charge in [-0.2, -0.15) is 4.31 Å². The first-order valence-corrected chi connectivity index (χ1v) is 13.8. The van der Waals surface area contributed by atoms with Crippen molar-refractivity contribution in [2.24, 2.45) is 0 Å². The van der Waals surface area contributed by atoms with Crippen LogP contribution in [0.25, 0.3) is 0 Å². The van der Waals surface area contributed by atoms with Crippen LogP contribution in [0.2, 0.25) is 0 Å². The molecule has 3 rings (SSSR count). The van der Waals surface area contributed by atoms with E-state index < -0.39 is 10.0 Å². The maximum atomic E-state index is 13.0. The third-order valence-electron chi connectivity index (χ3n) is 6.30. The summed E-state index contributed by atoms with van der Waals surface area (Å²) in [5.74, 6) is 0.262. The van der Waals surface area contributed by atoms with Crippen LogP contribution in [-0.4, -0.2) is 78.7 Å². The lowest BCUT2D eigenvalue weighted by atomic mass is 9.93. The van der Waals surface area contributed by atoms with E-state index in [1.807, 2.05) is 16.4 Å². The Balaban J connectivity index is 1.35. The summed E-state index contributed by atoms with van der Waals surface area (Å²) in [6, 6.07) is 4.21. The molecule has 0 N–H and O–H groups in total. The third kappa shape index (κ3) is 8.50. The first-order chi connectivity index (χ1) is 15.0. The van der Waals surface area contributed by atoms with Gasteiger partial charge in [-0.25, -0.2) is 8.42 Å². The fourth-order valence-corrected chi connectivity index (χ4v) is 6.40. The van der Waals surface area contributed by atoms with Gasteiger partial charge < -0.3 is 4.74 Å². The first kappa shape index (κ1) is 24.7. The van der Waals surface area contributed by atoms with Crippen LogP contribution in [0.5, 0.6) is 0 Å². The average Bonchev–Trinajstić information content (AvgIpc) is 2.73. The number of ether oxygens (including phenoxy) is 1. The number of pyridine rings is 1. The second kappa shape index (κ2) is 12.9. The van der Waals surface area contributed by atoms with Crippen molar-refractivity contribution in [1.82, 2.24) is 14.2 Å². The SMILES string of the molecule is O=S(=O)(CCCCCC(=S)Cc1ccncc1)N(CCCN1CCOCC1)C1CCC1. The van der Waals surface area contributed by atoms with Crippen molar-refractivity contribution in [1.29, 1.82) is 0 Å². The Hall–Kier alpha value is -0.930. The number of unbranched alkanes of at least 4 members (excludes halogenated alkanes) is 2. The zero-order chi connectivity index (χ0) is 21.9. The molecule has 1 aliphatic carbocycles. The molecule has 2 heterocycles. The molecule has 2 aliphatic rings. The van der Waals surface area contributed by atoms with E-state index in [2.05, 4.69) is 9.88 Å². The van der Waals surface area contributed by atoms with Crippen LogP contribution in [-0.2, 0) is 21.2 Å². The van der Waals surface area contributed by atoms with Crippen molar-refractivity contribution in [2.75, 3.05) is 45.1 Å². The van der Waals surface area contributed by atoms with Gasteiger partial charge in [0.15, 0.2) is 0 Å². The van der Waals surface area contributed by atoms with Gasteiger partial charge >= 0.3 is 0 Å². The van der Waals surface area contributed by atoms with Gasteiger partial charge in [0.05, 0.1) is 19.0 Å². The van der Waals surface area contributed by atoms with Crippen molar-refractivity contribution < 1.29 is 13.2 Å². The third-order valence-corrected chi connectivity index (χ3v) is 8.65. The van der Waals surface area contributed by atoms with Crippen molar-refractivity contribution in [3.8, 4) is 0 Å². The Morgan fingerprint density at radius 3 is 2.55 bits per heavy atom. The Morgan fingerprint density at radius 2 is 1.87 bits per heavy atom. The van der Waals surface area contributed by atoms with E-state index >= 15 is 0 Å². The number of rotatable bonds is 14. The summed E-state index contributed by atoms with van der Waals surface area (Å²) in [6.07, 6.45) is 11.9. The fraction of sp³-hybridized carbons (Fsp3) is 0.739. The molecule has 8 heteroatoms. The molecule has 1 aromatic heterocycles. The van der Waals surface area contributed by atoms with E-state index in [4.69, 9.17) is 17.0 Å². The predicted octanol–water partition coefficient (Wildman–Crippen LogP) is 3.46. The van der Waals surface area contributed by atoms with E-state index in [-0.39, 0.29) is 11.8 Å². The molecule has 6 nitrogen and oxygen atoms in total. The molecule has 0 spiro atoms. The molecule has 0 unspecified atom stereocenters. The monoisotopic (exact) mass is 467 g/mol. The molecule has 1 aromatic rings. The number of sulfonamides is 1. The zero-order valence-corrected chi connectivity index (χ0v) is 20.2. The Morgan fingerprint density at radius 1 is 1.13 bits per heavy atom. The predicted molar refractivity (Wildman–Crippen MR) is 129 cm³/mol. The largest absolute Gasteiger partial charge is 0.379 e. The summed E-state index contributed by atoms with van der Waals surface area (Å²) in [4.78, 5) is 7.44. The fourth-order valence-electron chi connectivity index (χ4n) is 4.22.